The van der Waals surface area contributed by atoms with Crippen LogP contribution in [-0.2, 0) is 24.0 Å². The van der Waals surface area contributed by atoms with Crippen molar-refractivity contribution in [2.45, 2.75) is 109 Å². The van der Waals surface area contributed by atoms with Crippen molar-refractivity contribution in [2.75, 3.05) is 6.54 Å². The summed E-state index contributed by atoms with van der Waals surface area (Å²) in [7, 11) is 0. The van der Waals surface area contributed by atoms with Gasteiger partial charge in [-0.3, -0.25) is 19.2 Å². The molecule has 226 valence electrons. The SMILES string of the molecule is CC(C)[C@H](NC(=O)[C@H](C)NC(=O)[C@@H](NC(=O)[C@H](CCC(=O)O)NCC12CC3CC(CC(C3)C1)C2)[C@@H](C)O)C(=O)O. The topological polar surface area (TPSA) is 194 Å². The minimum atomic E-state index is -1.41. The molecule has 4 rings (SSSR count). The molecule has 4 aliphatic rings. The number of aliphatic hydroxyl groups excluding tert-OH is 1. The summed E-state index contributed by atoms with van der Waals surface area (Å²) < 4.78 is 0. The number of carboxylic acids is 2. The molecular weight excluding hydrogens is 520 g/mol. The number of aliphatic hydroxyl groups is 1. The Kier molecular flexibility index (Phi) is 10.6. The van der Waals surface area contributed by atoms with E-state index in [0.717, 1.165) is 19.3 Å². The second-order valence-electron chi connectivity index (χ2n) is 12.8. The number of nitrogens with one attached hydrogen (secondary N) is 4. The molecule has 0 saturated heterocycles. The highest BCUT2D eigenvalue weighted by Gasteiger charge is 2.50. The molecule has 0 heterocycles. The minimum Gasteiger partial charge on any atom is -0.481 e. The molecular formula is C28H46N4O8. The van der Waals surface area contributed by atoms with E-state index >= 15 is 0 Å². The fourth-order valence-electron chi connectivity index (χ4n) is 7.26. The van der Waals surface area contributed by atoms with Crippen LogP contribution in [0.3, 0.4) is 0 Å². The quantitative estimate of drug-likeness (QED) is 0.149. The van der Waals surface area contributed by atoms with Gasteiger partial charge in [-0.15, -0.1) is 0 Å². The van der Waals surface area contributed by atoms with E-state index in [2.05, 4.69) is 21.3 Å². The first-order chi connectivity index (χ1) is 18.7. The van der Waals surface area contributed by atoms with E-state index in [-0.39, 0.29) is 24.2 Å². The van der Waals surface area contributed by atoms with Gasteiger partial charge in [0.2, 0.25) is 17.7 Å². The number of amides is 3. The van der Waals surface area contributed by atoms with Gasteiger partial charge in [-0.25, -0.2) is 4.79 Å². The third-order valence-electron chi connectivity index (χ3n) is 8.90. The summed E-state index contributed by atoms with van der Waals surface area (Å²) in [6.45, 7) is 6.57. The van der Waals surface area contributed by atoms with Gasteiger partial charge < -0.3 is 36.6 Å². The fourth-order valence-corrected chi connectivity index (χ4v) is 7.26. The van der Waals surface area contributed by atoms with Crippen LogP contribution in [0.2, 0.25) is 0 Å². The third-order valence-corrected chi connectivity index (χ3v) is 8.90. The molecule has 0 aromatic heterocycles. The Morgan fingerprint density at radius 2 is 1.30 bits per heavy atom. The Morgan fingerprint density at radius 1 is 0.775 bits per heavy atom. The maximum absolute atomic E-state index is 13.3. The molecule has 4 aliphatic carbocycles. The monoisotopic (exact) mass is 566 g/mol. The lowest BCUT2D eigenvalue weighted by Gasteiger charge is -2.57. The average molecular weight is 567 g/mol. The van der Waals surface area contributed by atoms with Crippen molar-refractivity contribution in [1.29, 1.82) is 0 Å². The van der Waals surface area contributed by atoms with E-state index in [1.54, 1.807) is 13.8 Å². The summed E-state index contributed by atoms with van der Waals surface area (Å²) in [5, 5.41) is 39.5. The Bertz CT molecular complexity index is 933. The summed E-state index contributed by atoms with van der Waals surface area (Å²) in [5.41, 5.74) is 0.101. The van der Waals surface area contributed by atoms with Crippen LogP contribution in [0.5, 0.6) is 0 Å². The van der Waals surface area contributed by atoms with E-state index in [0.29, 0.717) is 24.3 Å². The maximum atomic E-state index is 13.3. The van der Waals surface area contributed by atoms with Crippen molar-refractivity contribution in [1.82, 2.24) is 21.3 Å². The van der Waals surface area contributed by atoms with Crippen molar-refractivity contribution < 1.29 is 39.3 Å². The van der Waals surface area contributed by atoms with Crippen LogP contribution in [0.15, 0.2) is 0 Å². The summed E-state index contributed by atoms with van der Waals surface area (Å²) in [4.78, 5) is 61.5. The van der Waals surface area contributed by atoms with Crippen LogP contribution in [0.25, 0.3) is 0 Å². The Morgan fingerprint density at radius 3 is 1.75 bits per heavy atom. The third kappa shape index (κ3) is 8.15. The van der Waals surface area contributed by atoms with Crippen LogP contribution in [0, 0.1) is 29.1 Å². The van der Waals surface area contributed by atoms with Gasteiger partial charge in [-0.1, -0.05) is 13.8 Å². The van der Waals surface area contributed by atoms with Gasteiger partial charge in [-0.05, 0) is 87.9 Å². The minimum absolute atomic E-state index is 0.0201. The van der Waals surface area contributed by atoms with Crippen LogP contribution < -0.4 is 21.3 Å². The van der Waals surface area contributed by atoms with Crippen molar-refractivity contribution in [3.63, 3.8) is 0 Å². The standard InChI is InChI=1S/C28H46N4O8/c1-14(2)22(27(39)40)31-24(36)15(3)30-26(38)23(16(4)33)32-25(37)20(5-6-21(34)35)29-13-28-10-17-7-18(11-28)9-19(8-17)12-28/h14-20,22-23,29,33H,5-13H2,1-4H3,(H,30,38)(H,31,36)(H,32,37)(H,34,35)(H,39,40)/t15-,16+,17?,18?,19?,20-,22-,23-,28?/m0/s1. The lowest BCUT2D eigenvalue weighted by molar-refractivity contribution is -0.143. The first-order valence-electron chi connectivity index (χ1n) is 14.5. The second kappa shape index (κ2) is 13.3. The molecule has 12 nitrogen and oxygen atoms in total. The van der Waals surface area contributed by atoms with E-state index in [9.17, 15) is 39.3 Å². The molecule has 5 atom stereocenters. The predicted molar refractivity (Wildman–Crippen MR) is 145 cm³/mol. The normalized spacial score (nSPS) is 28.7. The number of carbonyl (C=O) groups is 5. The molecule has 0 radical (unpaired) electrons. The molecule has 4 fully saturated rings. The molecule has 0 spiro atoms. The average Bonchev–Trinajstić information content (AvgIpc) is 2.83. The van der Waals surface area contributed by atoms with Crippen molar-refractivity contribution >= 4 is 29.7 Å². The lowest BCUT2D eigenvalue weighted by Crippen LogP contribution is -2.60. The molecule has 3 amide bonds. The number of rotatable bonds is 15. The van der Waals surface area contributed by atoms with Crippen LogP contribution >= 0.6 is 0 Å². The predicted octanol–water partition coefficient (Wildman–Crippen LogP) is 0.622. The zero-order chi connectivity index (χ0) is 29.8. The lowest BCUT2D eigenvalue weighted by atomic mass is 9.49. The molecule has 4 bridgehead atoms. The van der Waals surface area contributed by atoms with Crippen molar-refractivity contribution in [2.24, 2.45) is 29.1 Å². The van der Waals surface area contributed by atoms with Gasteiger partial charge in [0, 0.05) is 13.0 Å². The smallest absolute Gasteiger partial charge is 0.326 e. The fraction of sp³-hybridized carbons (Fsp3) is 0.821. The van der Waals surface area contributed by atoms with Gasteiger partial charge in [0.1, 0.15) is 18.1 Å². The van der Waals surface area contributed by atoms with E-state index in [1.807, 2.05) is 0 Å². The number of carbonyl (C=O) groups excluding carboxylic acids is 3. The molecule has 7 N–H and O–H groups in total. The number of hydrogen-bond donors (Lipinski definition) is 7. The highest BCUT2D eigenvalue weighted by atomic mass is 16.4. The Labute approximate surface area is 235 Å². The zero-order valence-corrected chi connectivity index (χ0v) is 23.9. The molecule has 0 aliphatic heterocycles. The van der Waals surface area contributed by atoms with Crippen molar-refractivity contribution in [3.05, 3.63) is 0 Å². The van der Waals surface area contributed by atoms with Crippen LogP contribution in [-0.4, -0.2) is 81.8 Å². The van der Waals surface area contributed by atoms with E-state index in [1.165, 1.54) is 33.1 Å². The first-order valence-corrected chi connectivity index (χ1v) is 14.5. The Balaban J connectivity index is 1.62. The van der Waals surface area contributed by atoms with Gasteiger partial charge in [0.05, 0.1) is 12.1 Å². The largest absolute Gasteiger partial charge is 0.481 e. The summed E-state index contributed by atoms with van der Waals surface area (Å²) in [6, 6.07) is -4.56. The molecule has 0 aromatic rings. The van der Waals surface area contributed by atoms with Crippen LogP contribution in [0.4, 0.5) is 0 Å². The van der Waals surface area contributed by atoms with E-state index < -0.39 is 59.9 Å². The molecule has 0 unspecified atom stereocenters. The number of carboxylic acid groups (broad SMARTS) is 2. The molecule has 40 heavy (non-hydrogen) atoms. The van der Waals surface area contributed by atoms with Crippen molar-refractivity contribution in [3.8, 4) is 0 Å². The summed E-state index contributed by atoms with van der Waals surface area (Å²) in [6.07, 6.45) is 5.62. The zero-order valence-electron chi connectivity index (χ0n) is 23.9. The van der Waals surface area contributed by atoms with E-state index in [4.69, 9.17) is 0 Å². The number of aliphatic carboxylic acids is 2. The maximum Gasteiger partial charge on any atom is 0.326 e. The summed E-state index contributed by atoms with van der Waals surface area (Å²) in [5.74, 6) is -2.63. The Hall–Kier alpha value is -2.73. The summed E-state index contributed by atoms with van der Waals surface area (Å²) >= 11 is 0. The highest BCUT2D eigenvalue weighted by Crippen LogP contribution is 2.59. The van der Waals surface area contributed by atoms with Gasteiger partial charge >= 0.3 is 11.9 Å². The molecule has 0 aromatic carbocycles. The van der Waals surface area contributed by atoms with Crippen LogP contribution in [0.1, 0.15) is 79.1 Å². The van der Waals surface area contributed by atoms with Gasteiger partial charge in [0.25, 0.3) is 0 Å². The number of hydrogen-bond acceptors (Lipinski definition) is 7. The second-order valence-corrected chi connectivity index (χ2v) is 12.8. The first kappa shape index (κ1) is 31.8. The molecule has 12 heteroatoms. The molecule has 4 saturated carbocycles. The van der Waals surface area contributed by atoms with Gasteiger partial charge in [-0.2, -0.15) is 0 Å². The highest BCUT2D eigenvalue weighted by molar-refractivity contribution is 5.94. The van der Waals surface area contributed by atoms with Gasteiger partial charge in [0.15, 0.2) is 0 Å².